The molecule has 78 valence electrons. The van der Waals surface area contributed by atoms with Crippen LogP contribution < -0.4 is 0 Å². The van der Waals surface area contributed by atoms with Gasteiger partial charge in [-0.15, -0.1) is 0 Å². The Balaban J connectivity index is 3.02. The first-order valence-electron chi connectivity index (χ1n) is 4.59. The van der Waals surface area contributed by atoms with E-state index in [1.54, 1.807) is 26.0 Å². The van der Waals surface area contributed by atoms with Crippen LogP contribution in [-0.2, 0) is 9.59 Å². The lowest BCUT2D eigenvalue weighted by molar-refractivity contribution is -0.157. The maximum atomic E-state index is 10.9. The van der Waals surface area contributed by atoms with E-state index in [9.17, 15) is 9.59 Å². The van der Waals surface area contributed by atoms with Crippen molar-refractivity contribution >= 4 is 11.9 Å². The van der Waals surface area contributed by atoms with Gasteiger partial charge in [0, 0.05) is 0 Å². The molecular formula is C10H14O4. The van der Waals surface area contributed by atoms with E-state index >= 15 is 0 Å². The maximum absolute atomic E-state index is 10.9. The smallest absolute Gasteiger partial charge is 0.307 e. The van der Waals surface area contributed by atoms with Gasteiger partial charge in [0.1, 0.15) is 0 Å². The molecule has 0 bridgehead atoms. The first-order chi connectivity index (χ1) is 6.45. The van der Waals surface area contributed by atoms with Crippen molar-refractivity contribution in [2.75, 3.05) is 0 Å². The molecule has 4 nitrogen and oxygen atoms in total. The summed E-state index contributed by atoms with van der Waals surface area (Å²) in [5.41, 5.74) is 0. The molecule has 0 amide bonds. The summed E-state index contributed by atoms with van der Waals surface area (Å²) in [5.74, 6) is -4.11. The van der Waals surface area contributed by atoms with Crippen molar-refractivity contribution in [3.05, 3.63) is 12.2 Å². The Kier molecular flexibility index (Phi) is 2.93. The molecule has 0 unspecified atom stereocenters. The lowest BCUT2D eigenvalue weighted by Gasteiger charge is -2.31. The zero-order valence-corrected chi connectivity index (χ0v) is 8.18. The van der Waals surface area contributed by atoms with E-state index in [0.29, 0.717) is 0 Å². The SMILES string of the molecule is C[C@H]1C=C[C@H](C)[C@@H](C(=O)O)[C@@H]1C(=O)O. The average Bonchev–Trinajstić information content (AvgIpc) is 2.07. The van der Waals surface area contributed by atoms with E-state index in [-0.39, 0.29) is 11.8 Å². The molecule has 0 heterocycles. The Morgan fingerprint density at radius 1 is 0.929 bits per heavy atom. The van der Waals surface area contributed by atoms with Crippen molar-refractivity contribution in [2.24, 2.45) is 23.7 Å². The average molecular weight is 198 g/mol. The van der Waals surface area contributed by atoms with E-state index in [1.165, 1.54) is 0 Å². The summed E-state index contributed by atoms with van der Waals surface area (Å²) in [6.07, 6.45) is 3.56. The summed E-state index contributed by atoms with van der Waals surface area (Å²) in [6.45, 7) is 3.47. The molecule has 0 aromatic rings. The third-order valence-corrected chi connectivity index (χ3v) is 2.81. The fourth-order valence-corrected chi connectivity index (χ4v) is 2.00. The van der Waals surface area contributed by atoms with Crippen LogP contribution in [0.25, 0.3) is 0 Å². The molecule has 0 fully saturated rings. The predicted octanol–water partition coefficient (Wildman–Crippen LogP) is 1.23. The molecule has 4 atom stereocenters. The van der Waals surface area contributed by atoms with Gasteiger partial charge in [0.2, 0.25) is 0 Å². The second kappa shape index (κ2) is 3.82. The van der Waals surface area contributed by atoms with Crippen LogP contribution in [0.4, 0.5) is 0 Å². The second-order valence-electron chi connectivity index (χ2n) is 3.83. The van der Waals surface area contributed by atoms with Crippen molar-refractivity contribution < 1.29 is 19.8 Å². The van der Waals surface area contributed by atoms with Crippen molar-refractivity contribution in [3.8, 4) is 0 Å². The standard InChI is InChI=1S/C10H14O4/c1-5-3-4-6(2)8(10(13)14)7(5)9(11)12/h3-8H,1-2H3,(H,11,12)(H,13,14)/t5-,6-,7+,8+/m0/s1. The van der Waals surface area contributed by atoms with Crippen LogP contribution in [0.5, 0.6) is 0 Å². The summed E-state index contributed by atoms with van der Waals surface area (Å²) in [6, 6.07) is 0. The van der Waals surface area contributed by atoms with E-state index in [4.69, 9.17) is 10.2 Å². The third-order valence-electron chi connectivity index (χ3n) is 2.81. The molecule has 1 rings (SSSR count). The van der Waals surface area contributed by atoms with Crippen molar-refractivity contribution in [1.82, 2.24) is 0 Å². The first kappa shape index (κ1) is 10.8. The van der Waals surface area contributed by atoms with Crippen LogP contribution >= 0.6 is 0 Å². The van der Waals surface area contributed by atoms with Gasteiger partial charge in [0.25, 0.3) is 0 Å². The molecule has 0 saturated heterocycles. The summed E-state index contributed by atoms with van der Waals surface area (Å²) in [5, 5.41) is 17.9. The lowest BCUT2D eigenvalue weighted by Crippen LogP contribution is -2.39. The van der Waals surface area contributed by atoms with Gasteiger partial charge in [-0.1, -0.05) is 26.0 Å². The van der Waals surface area contributed by atoms with Crippen LogP contribution in [0.1, 0.15) is 13.8 Å². The highest BCUT2D eigenvalue weighted by Crippen LogP contribution is 2.34. The first-order valence-corrected chi connectivity index (χ1v) is 4.59. The fourth-order valence-electron chi connectivity index (χ4n) is 2.00. The van der Waals surface area contributed by atoms with Crippen molar-refractivity contribution in [3.63, 3.8) is 0 Å². The minimum atomic E-state index is -1.03. The number of hydrogen-bond donors (Lipinski definition) is 2. The Bertz CT molecular complexity index is 254. The third kappa shape index (κ3) is 1.78. The van der Waals surface area contributed by atoms with Crippen molar-refractivity contribution in [2.45, 2.75) is 13.8 Å². The van der Waals surface area contributed by atoms with Gasteiger partial charge in [0.15, 0.2) is 0 Å². The van der Waals surface area contributed by atoms with Gasteiger partial charge in [0.05, 0.1) is 11.8 Å². The molecule has 0 saturated carbocycles. The molecule has 0 radical (unpaired) electrons. The number of allylic oxidation sites excluding steroid dienone is 2. The zero-order chi connectivity index (χ0) is 10.9. The van der Waals surface area contributed by atoms with Crippen LogP contribution in [0.2, 0.25) is 0 Å². The van der Waals surface area contributed by atoms with Gasteiger partial charge in [-0.2, -0.15) is 0 Å². The molecular weight excluding hydrogens is 184 g/mol. The highest BCUT2D eigenvalue weighted by molar-refractivity contribution is 5.81. The topological polar surface area (TPSA) is 74.6 Å². The highest BCUT2D eigenvalue weighted by atomic mass is 16.4. The number of carboxylic acids is 2. The van der Waals surface area contributed by atoms with E-state index in [1.807, 2.05) is 0 Å². The van der Waals surface area contributed by atoms with Crippen LogP contribution in [0, 0.1) is 23.7 Å². The molecule has 0 aliphatic heterocycles. The van der Waals surface area contributed by atoms with Gasteiger partial charge >= 0.3 is 11.9 Å². The Labute approximate surface area is 82.2 Å². The molecule has 1 aliphatic rings. The van der Waals surface area contributed by atoms with Crippen LogP contribution in [-0.4, -0.2) is 22.2 Å². The molecule has 0 aromatic carbocycles. The molecule has 4 heteroatoms. The van der Waals surface area contributed by atoms with Gasteiger partial charge in [-0.05, 0) is 11.8 Å². The minimum absolute atomic E-state index is 0.218. The predicted molar refractivity (Wildman–Crippen MR) is 49.7 cm³/mol. The van der Waals surface area contributed by atoms with Gasteiger partial charge < -0.3 is 10.2 Å². The minimum Gasteiger partial charge on any atom is -0.481 e. The maximum Gasteiger partial charge on any atom is 0.307 e. The Hall–Kier alpha value is -1.32. The van der Waals surface area contributed by atoms with Crippen LogP contribution in [0.3, 0.4) is 0 Å². The molecule has 0 spiro atoms. The normalized spacial score (nSPS) is 36.7. The van der Waals surface area contributed by atoms with E-state index < -0.39 is 23.8 Å². The van der Waals surface area contributed by atoms with E-state index in [2.05, 4.69) is 0 Å². The highest BCUT2D eigenvalue weighted by Gasteiger charge is 2.41. The molecule has 14 heavy (non-hydrogen) atoms. The quantitative estimate of drug-likeness (QED) is 0.654. The number of rotatable bonds is 2. The zero-order valence-electron chi connectivity index (χ0n) is 8.18. The number of carboxylic acid groups (broad SMARTS) is 2. The monoisotopic (exact) mass is 198 g/mol. The summed E-state index contributed by atoms with van der Waals surface area (Å²) >= 11 is 0. The molecule has 2 N–H and O–H groups in total. The fraction of sp³-hybridized carbons (Fsp3) is 0.600. The largest absolute Gasteiger partial charge is 0.481 e. The van der Waals surface area contributed by atoms with Crippen molar-refractivity contribution in [1.29, 1.82) is 0 Å². The van der Waals surface area contributed by atoms with Gasteiger partial charge in [-0.25, -0.2) is 0 Å². The van der Waals surface area contributed by atoms with E-state index in [0.717, 1.165) is 0 Å². The number of hydrogen-bond acceptors (Lipinski definition) is 2. The summed E-state index contributed by atoms with van der Waals surface area (Å²) < 4.78 is 0. The second-order valence-corrected chi connectivity index (χ2v) is 3.83. The molecule has 1 aliphatic carbocycles. The number of carbonyl (C=O) groups is 2. The number of aliphatic carboxylic acids is 2. The van der Waals surface area contributed by atoms with Gasteiger partial charge in [-0.3, -0.25) is 9.59 Å². The summed E-state index contributed by atoms with van der Waals surface area (Å²) in [7, 11) is 0. The Morgan fingerprint density at radius 2 is 1.21 bits per heavy atom. The molecule has 0 aromatic heterocycles. The lowest BCUT2D eigenvalue weighted by atomic mass is 9.72. The summed E-state index contributed by atoms with van der Waals surface area (Å²) in [4.78, 5) is 21.9. The van der Waals surface area contributed by atoms with Crippen LogP contribution in [0.15, 0.2) is 12.2 Å². The Morgan fingerprint density at radius 3 is 1.43 bits per heavy atom.